The van der Waals surface area contributed by atoms with Gasteiger partial charge in [-0.25, -0.2) is 9.59 Å². The number of nitrogens with one attached hydrogen (secondary N) is 1. The molecule has 7 heteroatoms. The molecule has 0 atom stereocenters. The summed E-state index contributed by atoms with van der Waals surface area (Å²) in [6, 6.07) is 9.22. The number of ether oxygens (including phenoxy) is 2. The minimum atomic E-state index is -1.46. The Balaban J connectivity index is 2.12. The quantitative estimate of drug-likeness (QED) is 0.382. The number of carbonyl (C=O) groups excluding carboxylic acids is 2. The summed E-state index contributed by atoms with van der Waals surface area (Å²) in [5.41, 5.74) is -0.685. The third-order valence-electron chi connectivity index (χ3n) is 3.06. The van der Waals surface area contributed by atoms with E-state index in [0.717, 1.165) is 5.69 Å². The molecule has 2 rings (SSSR count). The predicted molar refractivity (Wildman–Crippen MR) is 76.1 cm³/mol. The molecule has 0 saturated carbocycles. The fourth-order valence-electron chi connectivity index (χ4n) is 1.92. The van der Waals surface area contributed by atoms with Gasteiger partial charge in [0.15, 0.2) is 5.11 Å². The lowest BCUT2D eigenvalue weighted by Gasteiger charge is -2.15. The van der Waals surface area contributed by atoms with Gasteiger partial charge in [-0.05, 0) is 24.4 Å². The van der Waals surface area contributed by atoms with E-state index >= 15 is 0 Å². The van der Waals surface area contributed by atoms with Gasteiger partial charge in [0.1, 0.15) is 0 Å². The number of hydrogen-bond acceptors (Lipinski definition) is 5. The number of carbonyl (C=O) groups is 2. The normalized spacial score (nSPS) is 15.2. The van der Waals surface area contributed by atoms with Crippen molar-refractivity contribution in [1.29, 1.82) is 0 Å². The van der Waals surface area contributed by atoms with Gasteiger partial charge < -0.3 is 19.7 Å². The van der Waals surface area contributed by atoms with E-state index in [2.05, 4.69) is 14.8 Å². The van der Waals surface area contributed by atoms with Gasteiger partial charge in [0.2, 0.25) is 0 Å². The van der Waals surface area contributed by atoms with Gasteiger partial charge in [-0.15, -0.1) is 0 Å². The zero-order chi connectivity index (χ0) is 14.8. The van der Waals surface area contributed by atoms with Crippen LogP contribution >= 0.6 is 12.2 Å². The Labute approximate surface area is 121 Å². The average Bonchev–Trinajstić information content (AvgIpc) is 3.23. The Morgan fingerprint density at radius 3 is 2.25 bits per heavy atom. The molecule has 1 saturated heterocycles. The Bertz CT molecular complexity index is 531. The van der Waals surface area contributed by atoms with Crippen LogP contribution in [-0.4, -0.2) is 48.3 Å². The average molecular weight is 294 g/mol. The summed E-state index contributed by atoms with van der Waals surface area (Å²) < 4.78 is 9.32. The third-order valence-corrected chi connectivity index (χ3v) is 3.38. The molecule has 20 heavy (non-hydrogen) atoms. The zero-order valence-electron chi connectivity index (χ0n) is 11.1. The van der Waals surface area contributed by atoms with Crippen molar-refractivity contribution in [2.75, 3.05) is 26.1 Å². The number of rotatable bonds is 3. The van der Waals surface area contributed by atoms with Crippen molar-refractivity contribution in [1.82, 2.24) is 4.90 Å². The van der Waals surface area contributed by atoms with Crippen LogP contribution in [0.25, 0.3) is 0 Å². The topological polar surface area (TPSA) is 67.6 Å². The van der Waals surface area contributed by atoms with Crippen molar-refractivity contribution in [2.24, 2.45) is 0 Å². The van der Waals surface area contributed by atoms with E-state index in [1.54, 1.807) is 0 Å². The number of anilines is 1. The highest BCUT2D eigenvalue weighted by Gasteiger charge is 2.68. The number of hydrogen-bond donors (Lipinski definition) is 1. The first kappa shape index (κ1) is 14.3. The molecule has 0 aliphatic carbocycles. The summed E-state index contributed by atoms with van der Waals surface area (Å²) in [6.45, 7) is 0.144. The molecule has 1 heterocycles. The van der Waals surface area contributed by atoms with Crippen LogP contribution in [0, 0.1) is 0 Å². The van der Waals surface area contributed by atoms with Crippen LogP contribution in [0.3, 0.4) is 0 Å². The van der Waals surface area contributed by atoms with Gasteiger partial charge in [0.05, 0.1) is 20.8 Å². The van der Waals surface area contributed by atoms with Crippen LogP contribution in [-0.2, 0) is 19.1 Å². The van der Waals surface area contributed by atoms with Crippen molar-refractivity contribution in [3.8, 4) is 0 Å². The molecule has 1 aromatic carbocycles. The van der Waals surface area contributed by atoms with Crippen molar-refractivity contribution in [3.05, 3.63) is 30.3 Å². The SMILES string of the molecule is COC(=O)C1(C(=O)OC)CN1C(=S)Nc1ccccc1. The van der Waals surface area contributed by atoms with E-state index in [-0.39, 0.29) is 11.7 Å². The Hall–Kier alpha value is -2.15. The number of methoxy groups -OCH3 is 2. The third kappa shape index (κ3) is 2.32. The fourth-order valence-corrected chi connectivity index (χ4v) is 2.26. The number of esters is 2. The molecule has 106 valence electrons. The van der Waals surface area contributed by atoms with Crippen LogP contribution in [0.15, 0.2) is 30.3 Å². The lowest BCUT2D eigenvalue weighted by atomic mass is 10.1. The van der Waals surface area contributed by atoms with Crippen LogP contribution in [0.4, 0.5) is 5.69 Å². The maximum Gasteiger partial charge on any atom is 0.345 e. The van der Waals surface area contributed by atoms with Gasteiger partial charge in [-0.2, -0.15) is 0 Å². The molecule has 6 nitrogen and oxygen atoms in total. The number of benzene rings is 1. The standard InChI is InChI=1S/C13H14N2O4S/c1-18-10(16)13(11(17)19-2)8-15(13)12(20)14-9-6-4-3-5-7-9/h3-7H,8H2,1-2H3,(H,14,20). The number of nitrogens with zero attached hydrogens (tertiary/aromatic N) is 1. The summed E-state index contributed by atoms with van der Waals surface area (Å²) in [5, 5.41) is 3.23. The summed E-state index contributed by atoms with van der Waals surface area (Å²) in [5.74, 6) is -1.36. The van der Waals surface area contributed by atoms with E-state index in [1.165, 1.54) is 19.1 Å². The number of thiocarbonyl (C=S) groups is 1. The molecule has 1 aliphatic heterocycles. The lowest BCUT2D eigenvalue weighted by Crippen LogP contribution is -2.42. The Morgan fingerprint density at radius 2 is 1.75 bits per heavy atom. The predicted octanol–water partition coefficient (Wildman–Crippen LogP) is 0.784. The Kier molecular flexibility index (Phi) is 3.89. The van der Waals surface area contributed by atoms with E-state index in [0.29, 0.717) is 0 Å². The fraction of sp³-hybridized carbons (Fsp3) is 0.308. The first-order valence-electron chi connectivity index (χ1n) is 5.86. The van der Waals surface area contributed by atoms with Gasteiger partial charge in [-0.1, -0.05) is 18.2 Å². The van der Waals surface area contributed by atoms with Gasteiger partial charge in [0.25, 0.3) is 5.54 Å². The molecule has 1 aliphatic rings. The van der Waals surface area contributed by atoms with Crippen LogP contribution in [0.2, 0.25) is 0 Å². The maximum atomic E-state index is 11.8. The molecular formula is C13H14N2O4S. The second-order valence-electron chi connectivity index (χ2n) is 4.23. The highest BCUT2D eigenvalue weighted by Crippen LogP contribution is 2.35. The van der Waals surface area contributed by atoms with Gasteiger partial charge in [0, 0.05) is 5.69 Å². The highest BCUT2D eigenvalue weighted by atomic mass is 32.1. The van der Waals surface area contributed by atoms with Crippen LogP contribution in [0.1, 0.15) is 0 Å². The molecule has 0 bridgehead atoms. The second-order valence-corrected chi connectivity index (χ2v) is 4.61. The molecule has 0 radical (unpaired) electrons. The first-order valence-corrected chi connectivity index (χ1v) is 6.27. The van der Waals surface area contributed by atoms with Crippen LogP contribution < -0.4 is 5.32 Å². The van der Waals surface area contributed by atoms with E-state index in [4.69, 9.17) is 12.2 Å². The smallest absolute Gasteiger partial charge is 0.345 e. The summed E-state index contributed by atoms with van der Waals surface area (Å²) in [7, 11) is 2.44. The number of para-hydroxylation sites is 1. The van der Waals surface area contributed by atoms with E-state index < -0.39 is 17.5 Å². The van der Waals surface area contributed by atoms with E-state index in [1.807, 2.05) is 30.3 Å². The van der Waals surface area contributed by atoms with Crippen molar-refractivity contribution in [2.45, 2.75) is 5.54 Å². The molecular weight excluding hydrogens is 280 g/mol. The van der Waals surface area contributed by atoms with Crippen molar-refractivity contribution in [3.63, 3.8) is 0 Å². The first-order chi connectivity index (χ1) is 9.56. The second kappa shape index (κ2) is 5.46. The minimum Gasteiger partial charge on any atom is -0.467 e. The molecule has 0 unspecified atom stereocenters. The molecule has 0 amide bonds. The van der Waals surface area contributed by atoms with Gasteiger partial charge >= 0.3 is 11.9 Å². The monoisotopic (exact) mass is 294 g/mol. The zero-order valence-corrected chi connectivity index (χ0v) is 11.9. The Morgan fingerprint density at radius 1 is 1.20 bits per heavy atom. The molecule has 0 aromatic heterocycles. The molecule has 1 aromatic rings. The summed E-state index contributed by atoms with van der Waals surface area (Å²) >= 11 is 5.20. The summed E-state index contributed by atoms with van der Waals surface area (Å²) in [6.07, 6.45) is 0. The molecule has 0 spiro atoms. The highest BCUT2D eigenvalue weighted by molar-refractivity contribution is 7.80. The van der Waals surface area contributed by atoms with Gasteiger partial charge in [-0.3, -0.25) is 0 Å². The maximum absolute atomic E-state index is 11.8. The van der Waals surface area contributed by atoms with Crippen LogP contribution in [0.5, 0.6) is 0 Å². The van der Waals surface area contributed by atoms with Crippen molar-refractivity contribution < 1.29 is 19.1 Å². The molecule has 1 fully saturated rings. The van der Waals surface area contributed by atoms with E-state index in [9.17, 15) is 9.59 Å². The van der Waals surface area contributed by atoms with Crippen molar-refractivity contribution >= 4 is 35.0 Å². The largest absolute Gasteiger partial charge is 0.467 e. The lowest BCUT2D eigenvalue weighted by molar-refractivity contribution is -0.157. The summed E-state index contributed by atoms with van der Waals surface area (Å²) in [4.78, 5) is 25.1. The molecule has 1 N–H and O–H groups in total. The minimum absolute atomic E-state index is 0.144.